The minimum atomic E-state index is -0.217. The van der Waals surface area contributed by atoms with Gasteiger partial charge in [-0.15, -0.1) is 0 Å². The second-order valence-corrected chi connectivity index (χ2v) is 6.85. The van der Waals surface area contributed by atoms with Crippen molar-refractivity contribution in [3.05, 3.63) is 34.1 Å². The summed E-state index contributed by atoms with van der Waals surface area (Å²) >= 11 is 3.47. The molecule has 0 aromatic heterocycles. The van der Waals surface area contributed by atoms with Gasteiger partial charge in [0.2, 0.25) is 0 Å². The van der Waals surface area contributed by atoms with E-state index in [1.54, 1.807) is 0 Å². The molecular formula is C16H24BrFN2. The van der Waals surface area contributed by atoms with Gasteiger partial charge in [0.25, 0.3) is 0 Å². The minimum absolute atomic E-state index is 0.142. The largest absolute Gasteiger partial charge is 0.329 e. The van der Waals surface area contributed by atoms with E-state index in [1.807, 2.05) is 6.07 Å². The van der Waals surface area contributed by atoms with E-state index >= 15 is 0 Å². The molecule has 1 fully saturated rings. The van der Waals surface area contributed by atoms with Crippen molar-refractivity contribution in [2.45, 2.75) is 44.7 Å². The van der Waals surface area contributed by atoms with Crippen LogP contribution < -0.4 is 5.73 Å². The van der Waals surface area contributed by atoms with Gasteiger partial charge in [0.05, 0.1) is 0 Å². The highest BCUT2D eigenvalue weighted by Crippen LogP contribution is 2.33. The molecule has 4 heteroatoms. The van der Waals surface area contributed by atoms with Crippen LogP contribution in [0.25, 0.3) is 0 Å². The topological polar surface area (TPSA) is 29.3 Å². The molecule has 112 valence electrons. The van der Waals surface area contributed by atoms with Gasteiger partial charge in [-0.1, -0.05) is 28.9 Å². The van der Waals surface area contributed by atoms with Crippen molar-refractivity contribution in [1.82, 2.24) is 4.90 Å². The Morgan fingerprint density at radius 3 is 2.55 bits per heavy atom. The van der Waals surface area contributed by atoms with Crippen molar-refractivity contribution in [3.63, 3.8) is 0 Å². The average Bonchev–Trinajstić information content (AvgIpc) is 2.42. The lowest BCUT2D eigenvalue weighted by molar-refractivity contribution is 0.126. The fourth-order valence-electron chi connectivity index (χ4n) is 3.19. The molecule has 1 atom stereocenters. The summed E-state index contributed by atoms with van der Waals surface area (Å²) in [6.07, 6.45) is 5.04. The van der Waals surface area contributed by atoms with Crippen LogP contribution in [0.15, 0.2) is 22.7 Å². The highest BCUT2D eigenvalue weighted by atomic mass is 79.9. The third-order valence-electron chi connectivity index (χ3n) is 4.60. The van der Waals surface area contributed by atoms with Crippen molar-refractivity contribution >= 4 is 15.9 Å². The van der Waals surface area contributed by atoms with Crippen LogP contribution in [0, 0.1) is 11.7 Å². The first-order valence-electron chi connectivity index (χ1n) is 7.40. The molecule has 1 aliphatic rings. The zero-order chi connectivity index (χ0) is 14.7. The van der Waals surface area contributed by atoms with Crippen molar-refractivity contribution in [2.75, 3.05) is 13.6 Å². The van der Waals surface area contributed by atoms with Crippen molar-refractivity contribution in [3.8, 4) is 0 Å². The Hall–Kier alpha value is -0.450. The van der Waals surface area contributed by atoms with Crippen LogP contribution in [0.3, 0.4) is 0 Å². The summed E-state index contributed by atoms with van der Waals surface area (Å²) in [5.74, 6) is 0.624. The van der Waals surface area contributed by atoms with Gasteiger partial charge in [-0.2, -0.15) is 0 Å². The summed E-state index contributed by atoms with van der Waals surface area (Å²) < 4.78 is 14.0. The summed E-state index contributed by atoms with van der Waals surface area (Å²) in [7, 11) is 2.15. The molecule has 2 nitrogen and oxygen atoms in total. The molecule has 1 aromatic rings. The second-order valence-electron chi connectivity index (χ2n) is 6.00. The maximum absolute atomic E-state index is 13.2. The fourth-order valence-corrected chi connectivity index (χ4v) is 3.80. The van der Waals surface area contributed by atoms with Gasteiger partial charge < -0.3 is 5.73 Å². The standard InChI is InChI=1S/C16H24BrFN2/c1-11-3-6-13(7-4-11)20(2)16(10-19)14-8-5-12(18)9-15(14)17/h5,8-9,11,13,16H,3-4,6-7,10,19H2,1-2H3. The first-order chi connectivity index (χ1) is 9.52. The van der Waals surface area contributed by atoms with E-state index in [2.05, 4.69) is 34.8 Å². The summed E-state index contributed by atoms with van der Waals surface area (Å²) in [6.45, 7) is 2.87. The minimum Gasteiger partial charge on any atom is -0.329 e. The Bertz CT molecular complexity index is 444. The molecule has 1 unspecified atom stereocenters. The number of nitrogens with zero attached hydrogens (tertiary/aromatic N) is 1. The lowest BCUT2D eigenvalue weighted by Gasteiger charge is -2.38. The molecule has 0 aliphatic heterocycles. The second kappa shape index (κ2) is 7.01. The number of halogens is 2. The normalized spacial score (nSPS) is 24.9. The zero-order valence-corrected chi connectivity index (χ0v) is 13.9. The van der Waals surface area contributed by atoms with E-state index in [9.17, 15) is 4.39 Å². The molecule has 1 aromatic carbocycles. The molecule has 0 saturated heterocycles. The van der Waals surface area contributed by atoms with E-state index in [0.29, 0.717) is 12.6 Å². The van der Waals surface area contributed by atoms with Crippen LogP contribution in [0.1, 0.15) is 44.2 Å². The van der Waals surface area contributed by atoms with E-state index in [-0.39, 0.29) is 11.9 Å². The number of hydrogen-bond donors (Lipinski definition) is 1. The lowest BCUT2D eigenvalue weighted by Crippen LogP contribution is -2.40. The zero-order valence-electron chi connectivity index (χ0n) is 12.3. The number of nitrogens with two attached hydrogens (primary N) is 1. The van der Waals surface area contributed by atoms with Gasteiger partial charge in [0.15, 0.2) is 0 Å². The Morgan fingerprint density at radius 1 is 1.35 bits per heavy atom. The van der Waals surface area contributed by atoms with Crippen LogP contribution in [-0.4, -0.2) is 24.5 Å². The average molecular weight is 343 g/mol. The molecule has 2 rings (SSSR count). The molecule has 0 heterocycles. The number of rotatable bonds is 4. The van der Waals surface area contributed by atoms with Crippen molar-refractivity contribution in [1.29, 1.82) is 0 Å². The van der Waals surface area contributed by atoms with Crippen LogP contribution in [0.2, 0.25) is 0 Å². The van der Waals surface area contributed by atoms with Crippen LogP contribution in [0.4, 0.5) is 4.39 Å². The summed E-state index contributed by atoms with van der Waals surface area (Å²) in [5, 5.41) is 0. The third-order valence-corrected chi connectivity index (χ3v) is 5.28. The molecule has 20 heavy (non-hydrogen) atoms. The summed E-state index contributed by atoms with van der Waals surface area (Å²) in [6, 6.07) is 5.60. The Labute approximate surface area is 129 Å². The molecule has 0 amide bonds. The van der Waals surface area contributed by atoms with E-state index in [1.165, 1.54) is 37.8 Å². The molecule has 0 radical (unpaired) electrons. The monoisotopic (exact) mass is 342 g/mol. The third kappa shape index (κ3) is 3.60. The van der Waals surface area contributed by atoms with Crippen molar-refractivity contribution in [2.24, 2.45) is 11.7 Å². The van der Waals surface area contributed by atoms with Gasteiger partial charge in [-0.25, -0.2) is 4.39 Å². The lowest BCUT2D eigenvalue weighted by atomic mass is 9.86. The molecular weight excluding hydrogens is 319 g/mol. The Kier molecular flexibility index (Phi) is 5.58. The molecule has 0 bridgehead atoms. The first-order valence-corrected chi connectivity index (χ1v) is 8.19. The molecule has 1 aliphatic carbocycles. The van der Waals surface area contributed by atoms with Crippen LogP contribution in [0.5, 0.6) is 0 Å². The van der Waals surface area contributed by atoms with Gasteiger partial charge in [-0.05, 0) is 56.3 Å². The SMILES string of the molecule is CC1CCC(N(C)C(CN)c2ccc(F)cc2Br)CC1. The van der Waals surface area contributed by atoms with Crippen molar-refractivity contribution < 1.29 is 4.39 Å². The molecule has 2 N–H and O–H groups in total. The molecule has 1 saturated carbocycles. The number of likely N-dealkylation sites (N-methyl/N-ethyl adjacent to an activating group) is 1. The van der Waals surface area contributed by atoms with Crippen LogP contribution in [-0.2, 0) is 0 Å². The maximum Gasteiger partial charge on any atom is 0.124 e. The predicted octanol–water partition coefficient (Wildman–Crippen LogP) is 4.10. The van der Waals surface area contributed by atoms with Gasteiger partial charge in [-0.3, -0.25) is 4.90 Å². The number of benzene rings is 1. The fraction of sp³-hybridized carbons (Fsp3) is 0.625. The summed E-state index contributed by atoms with van der Waals surface area (Å²) in [4.78, 5) is 2.38. The van der Waals surface area contributed by atoms with Crippen LogP contribution >= 0.6 is 15.9 Å². The van der Waals surface area contributed by atoms with Gasteiger partial charge in [0, 0.05) is 23.1 Å². The quantitative estimate of drug-likeness (QED) is 0.892. The number of hydrogen-bond acceptors (Lipinski definition) is 2. The first kappa shape index (κ1) is 15.9. The van der Waals surface area contributed by atoms with Gasteiger partial charge in [0.1, 0.15) is 5.82 Å². The maximum atomic E-state index is 13.2. The predicted molar refractivity (Wildman–Crippen MR) is 85.1 cm³/mol. The smallest absolute Gasteiger partial charge is 0.124 e. The summed E-state index contributed by atoms with van der Waals surface area (Å²) in [5.41, 5.74) is 7.07. The Morgan fingerprint density at radius 2 is 2.00 bits per heavy atom. The Balaban J connectivity index is 2.14. The van der Waals surface area contributed by atoms with E-state index in [4.69, 9.17) is 5.73 Å². The highest BCUT2D eigenvalue weighted by molar-refractivity contribution is 9.10. The molecule has 0 spiro atoms. The van der Waals surface area contributed by atoms with E-state index in [0.717, 1.165) is 16.0 Å². The van der Waals surface area contributed by atoms with Gasteiger partial charge >= 0.3 is 0 Å². The highest BCUT2D eigenvalue weighted by Gasteiger charge is 2.27. The van der Waals surface area contributed by atoms with E-state index < -0.39 is 0 Å².